The van der Waals surface area contributed by atoms with Gasteiger partial charge in [0.15, 0.2) is 0 Å². The fourth-order valence-electron chi connectivity index (χ4n) is 2.16. The normalized spacial score (nSPS) is 14.7. The number of hydrogen-bond acceptors (Lipinski definition) is 5. The van der Waals surface area contributed by atoms with Gasteiger partial charge in [-0.3, -0.25) is 0 Å². The van der Waals surface area contributed by atoms with Crippen LogP contribution in [0.2, 0.25) is 0 Å². The minimum atomic E-state index is 0.131. The van der Waals surface area contributed by atoms with Crippen LogP contribution in [0.15, 0.2) is 0 Å². The largest absolute Gasteiger partial charge is 0.395 e. The molecule has 5 nitrogen and oxygen atoms in total. The Labute approximate surface area is 114 Å². The maximum Gasteiger partial charge on any atom is 0.137 e. The predicted molar refractivity (Wildman–Crippen MR) is 77.4 cm³/mol. The molecule has 2 rings (SSSR count). The van der Waals surface area contributed by atoms with Crippen LogP contribution in [0.4, 0.5) is 11.6 Å². The number of nitrogen functional groups attached to an aromatic ring is 1. The van der Waals surface area contributed by atoms with Gasteiger partial charge in [-0.2, -0.15) is 0 Å². The summed E-state index contributed by atoms with van der Waals surface area (Å²) in [4.78, 5) is 11.2. The molecule has 1 aromatic rings. The Bertz CT molecular complexity index is 432. The minimum Gasteiger partial charge on any atom is -0.395 e. The first kappa shape index (κ1) is 14.1. The second kappa shape index (κ2) is 6.19. The number of nitrogens with two attached hydrogens (primary N) is 1. The molecule has 0 aliphatic heterocycles. The van der Waals surface area contributed by atoms with Crippen LogP contribution in [0.3, 0.4) is 0 Å². The Morgan fingerprint density at radius 2 is 2.05 bits per heavy atom. The third-order valence-corrected chi connectivity index (χ3v) is 3.57. The van der Waals surface area contributed by atoms with Crippen LogP contribution < -0.4 is 10.6 Å². The molecule has 0 atom stereocenters. The summed E-state index contributed by atoms with van der Waals surface area (Å²) in [7, 11) is 0. The molecular weight excluding hydrogens is 240 g/mol. The molecule has 0 saturated heterocycles. The van der Waals surface area contributed by atoms with E-state index in [4.69, 9.17) is 10.7 Å². The summed E-state index contributed by atoms with van der Waals surface area (Å²) >= 11 is 0. The SMILES string of the molecule is CCCCN(CCO)c1nc(C2CC2)nc(N)c1C. The molecule has 5 heteroatoms. The zero-order valence-corrected chi connectivity index (χ0v) is 11.9. The van der Waals surface area contributed by atoms with E-state index in [2.05, 4.69) is 16.8 Å². The molecule has 0 bridgehead atoms. The number of anilines is 2. The van der Waals surface area contributed by atoms with Gasteiger partial charge < -0.3 is 15.7 Å². The Hall–Kier alpha value is -1.36. The lowest BCUT2D eigenvalue weighted by atomic mass is 10.2. The molecule has 1 aliphatic rings. The van der Waals surface area contributed by atoms with Gasteiger partial charge in [0, 0.05) is 24.6 Å². The van der Waals surface area contributed by atoms with E-state index in [1.807, 2.05) is 6.92 Å². The van der Waals surface area contributed by atoms with E-state index in [1.54, 1.807) is 0 Å². The topological polar surface area (TPSA) is 75.3 Å². The van der Waals surface area contributed by atoms with Gasteiger partial charge in [0.05, 0.1) is 6.61 Å². The molecule has 1 heterocycles. The van der Waals surface area contributed by atoms with Crippen molar-refractivity contribution in [3.8, 4) is 0 Å². The third-order valence-electron chi connectivity index (χ3n) is 3.57. The first-order valence-electron chi connectivity index (χ1n) is 7.17. The zero-order chi connectivity index (χ0) is 13.8. The van der Waals surface area contributed by atoms with Crippen LogP contribution in [0.1, 0.15) is 49.9 Å². The van der Waals surface area contributed by atoms with E-state index in [9.17, 15) is 5.11 Å². The summed E-state index contributed by atoms with van der Waals surface area (Å²) in [5, 5.41) is 9.23. The van der Waals surface area contributed by atoms with E-state index in [-0.39, 0.29) is 6.61 Å². The Morgan fingerprint density at radius 1 is 1.32 bits per heavy atom. The maximum absolute atomic E-state index is 9.23. The first-order chi connectivity index (χ1) is 9.17. The van der Waals surface area contributed by atoms with Crippen LogP contribution in [-0.4, -0.2) is 34.8 Å². The van der Waals surface area contributed by atoms with Gasteiger partial charge in [-0.05, 0) is 26.2 Å². The van der Waals surface area contributed by atoms with Crippen molar-refractivity contribution in [2.24, 2.45) is 0 Å². The number of hydrogen-bond donors (Lipinski definition) is 2. The molecule has 0 radical (unpaired) electrons. The minimum absolute atomic E-state index is 0.131. The molecule has 1 fully saturated rings. The van der Waals surface area contributed by atoms with Crippen LogP contribution in [0.5, 0.6) is 0 Å². The van der Waals surface area contributed by atoms with E-state index in [0.29, 0.717) is 18.3 Å². The quantitative estimate of drug-likeness (QED) is 0.786. The van der Waals surface area contributed by atoms with Crippen molar-refractivity contribution in [3.63, 3.8) is 0 Å². The highest BCUT2D eigenvalue weighted by molar-refractivity contribution is 5.56. The molecular formula is C14H24N4O. The van der Waals surface area contributed by atoms with Gasteiger partial charge in [0.2, 0.25) is 0 Å². The van der Waals surface area contributed by atoms with E-state index < -0.39 is 0 Å². The number of aliphatic hydroxyl groups is 1. The van der Waals surface area contributed by atoms with Crippen molar-refractivity contribution in [1.29, 1.82) is 0 Å². The fraction of sp³-hybridized carbons (Fsp3) is 0.714. The van der Waals surface area contributed by atoms with Crippen LogP contribution >= 0.6 is 0 Å². The van der Waals surface area contributed by atoms with Crippen molar-refractivity contribution >= 4 is 11.6 Å². The summed E-state index contributed by atoms with van der Waals surface area (Å²) in [6, 6.07) is 0. The zero-order valence-electron chi connectivity index (χ0n) is 11.9. The summed E-state index contributed by atoms with van der Waals surface area (Å²) in [5.74, 6) is 2.84. The molecule has 3 N–H and O–H groups in total. The summed E-state index contributed by atoms with van der Waals surface area (Å²) < 4.78 is 0. The Kier molecular flexibility index (Phi) is 4.58. The number of rotatable bonds is 7. The second-order valence-corrected chi connectivity index (χ2v) is 5.25. The predicted octanol–water partition coefficient (Wildman–Crippen LogP) is 1.84. The van der Waals surface area contributed by atoms with Gasteiger partial charge >= 0.3 is 0 Å². The van der Waals surface area contributed by atoms with Crippen molar-refractivity contribution in [3.05, 3.63) is 11.4 Å². The molecule has 1 aromatic heterocycles. The standard InChI is InChI=1S/C14H24N4O/c1-3-4-7-18(8-9-19)14-10(2)12(15)16-13(17-14)11-5-6-11/h11,19H,3-9H2,1-2H3,(H2,15,16,17). The Balaban J connectivity index is 2.27. The van der Waals surface area contributed by atoms with Gasteiger partial charge in [0.1, 0.15) is 17.5 Å². The molecule has 0 unspecified atom stereocenters. The van der Waals surface area contributed by atoms with Crippen LogP contribution in [0.25, 0.3) is 0 Å². The van der Waals surface area contributed by atoms with Gasteiger partial charge in [-0.25, -0.2) is 9.97 Å². The lowest BCUT2D eigenvalue weighted by molar-refractivity contribution is 0.301. The lowest BCUT2D eigenvalue weighted by Gasteiger charge is -2.25. The van der Waals surface area contributed by atoms with Gasteiger partial charge in [0.25, 0.3) is 0 Å². The maximum atomic E-state index is 9.23. The molecule has 1 aliphatic carbocycles. The number of unbranched alkanes of at least 4 members (excludes halogenated alkanes) is 1. The van der Waals surface area contributed by atoms with Crippen molar-refractivity contribution in [2.45, 2.75) is 45.4 Å². The molecule has 19 heavy (non-hydrogen) atoms. The third kappa shape index (κ3) is 3.35. The van der Waals surface area contributed by atoms with E-state index >= 15 is 0 Å². The van der Waals surface area contributed by atoms with E-state index in [0.717, 1.165) is 49.4 Å². The monoisotopic (exact) mass is 264 g/mol. The van der Waals surface area contributed by atoms with Crippen molar-refractivity contribution in [1.82, 2.24) is 9.97 Å². The highest BCUT2D eigenvalue weighted by Crippen LogP contribution is 2.39. The highest BCUT2D eigenvalue weighted by Gasteiger charge is 2.28. The smallest absolute Gasteiger partial charge is 0.137 e. The Morgan fingerprint density at radius 3 is 2.63 bits per heavy atom. The second-order valence-electron chi connectivity index (χ2n) is 5.25. The first-order valence-corrected chi connectivity index (χ1v) is 7.17. The number of aliphatic hydroxyl groups excluding tert-OH is 1. The lowest BCUT2D eigenvalue weighted by Crippen LogP contribution is -2.30. The molecule has 0 amide bonds. The van der Waals surface area contributed by atoms with Crippen LogP contribution in [0, 0.1) is 6.92 Å². The summed E-state index contributed by atoms with van der Waals surface area (Å²) in [6.07, 6.45) is 4.53. The number of aromatic nitrogens is 2. The molecule has 1 saturated carbocycles. The average molecular weight is 264 g/mol. The molecule has 0 spiro atoms. The summed E-state index contributed by atoms with van der Waals surface area (Å²) in [5.41, 5.74) is 6.93. The van der Waals surface area contributed by atoms with Gasteiger partial charge in [-0.1, -0.05) is 13.3 Å². The van der Waals surface area contributed by atoms with Crippen molar-refractivity contribution < 1.29 is 5.11 Å². The molecule has 106 valence electrons. The highest BCUT2D eigenvalue weighted by atomic mass is 16.3. The van der Waals surface area contributed by atoms with Crippen molar-refractivity contribution in [2.75, 3.05) is 30.3 Å². The summed E-state index contributed by atoms with van der Waals surface area (Å²) in [6.45, 7) is 5.75. The molecule has 0 aromatic carbocycles. The average Bonchev–Trinajstić information content (AvgIpc) is 3.22. The number of nitrogens with zero attached hydrogens (tertiary/aromatic N) is 3. The fourth-order valence-corrected chi connectivity index (χ4v) is 2.16. The van der Waals surface area contributed by atoms with E-state index in [1.165, 1.54) is 0 Å². The van der Waals surface area contributed by atoms with Crippen LogP contribution in [-0.2, 0) is 0 Å². The van der Waals surface area contributed by atoms with Gasteiger partial charge in [-0.15, -0.1) is 0 Å².